The van der Waals surface area contributed by atoms with Crippen LogP contribution in [0.5, 0.6) is 11.5 Å². The molecule has 2 aromatic carbocycles. The second-order valence-corrected chi connectivity index (χ2v) is 5.48. The molecular weight excluding hydrogens is 288 g/mol. The third-order valence-electron chi connectivity index (χ3n) is 4.05. The minimum absolute atomic E-state index is 0.0768. The molecule has 23 heavy (non-hydrogen) atoms. The summed E-state index contributed by atoms with van der Waals surface area (Å²) >= 11 is 0. The molecule has 124 valence electrons. The monoisotopic (exact) mass is 314 g/mol. The molecule has 0 aliphatic heterocycles. The summed E-state index contributed by atoms with van der Waals surface area (Å²) in [5.74, 6) is 1.73. The zero-order valence-corrected chi connectivity index (χ0v) is 14.4. The predicted octanol–water partition coefficient (Wildman–Crippen LogP) is 5.32. The van der Waals surface area contributed by atoms with Gasteiger partial charge >= 0.3 is 0 Å². The molecule has 3 heteroatoms. The van der Waals surface area contributed by atoms with Gasteiger partial charge in [-0.15, -0.1) is 0 Å². The second kappa shape index (κ2) is 8.59. The molecule has 0 saturated carbocycles. The van der Waals surface area contributed by atoms with E-state index in [1.165, 1.54) is 11.1 Å². The molecule has 0 heterocycles. The molecule has 0 aromatic heterocycles. The summed E-state index contributed by atoms with van der Waals surface area (Å²) in [6.07, 6.45) is 2.01. The van der Waals surface area contributed by atoms with Crippen molar-refractivity contribution in [2.75, 3.05) is 14.2 Å². The fourth-order valence-electron chi connectivity index (χ4n) is 2.66. The van der Waals surface area contributed by atoms with Crippen LogP contribution in [-0.4, -0.2) is 14.2 Å². The van der Waals surface area contributed by atoms with Gasteiger partial charge in [0, 0.05) is 0 Å². The van der Waals surface area contributed by atoms with Gasteiger partial charge in [0.15, 0.2) is 0 Å². The van der Waals surface area contributed by atoms with E-state index >= 15 is 0 Å². The van der Waals surface area contributed by atoms with E-state index < -0.39 is 0 Å². The Morgan fingerprint density at radius 3 is 1.26 bits per heavy atom. The molecule has 0 amide bonds. The minimum Gasteiger partial charge on any atom is -0.497 e. The van der Waals surface area contributed by atoms with Gasteiger partial charge in [0.05, 0.1) is 26.4 Å². The predicted molar refractivity (Wildman–Crippen MR) is 93.1 cm³/mol. The highest BCUT2D eigenvalue weighted by Crippen LogP contribution is 2.32. The van der Waals surface area contributed by atoms with Gasteiger partial charge in [-0.05, 0) is 48.2 Å². The van der Waals surface area contributed by atoms with Crippen molar-refractivity contribution in [1.82, 2.24) is 0 Å². The van der Waals surface area contributed by atoms with E-state index in [2.05, 4.69) is 38.1 Å². The van der Waals surface area contributed by atoms with E-state index in [1.807, 2.05) is 24.3 Å². The van der Waals surface area contributed by atoms with Gasteiger partial charge in [0.25, 0.3) is 0 Å². The number of hydrogen-bond donors (Lipinski definition) is 0. The maximum absolute atomic E-state index is 6.39. The summed E-state index contributed by atoms with van der Waals surface area (Å²) in [6.45, 7) is 4.30. The highest BCUT2D eigenvalue weighted by atomic mass is 16.5. The van der Waals surface area contributed by atoms with Crippen LogP contribution >= 0.6 is 0 Å². The average molecular weight is 314 g/mol. The summed E-state index contributed by atoms with van der Waals surface area (Å²) in [6, 6.07) is 16.2. The smallest absolute Gasteiger partial charge is 0.118 e. The van der Waals surface area contributed by atoms with E-state index in [-0.39, 0.29) is 12.2 Å². The zero-order valence-electron chi connectivity index (χ0n) is 14.4. The van der Waals surface area contributed by atoms with Crippen LogP contribution in [0.2, 0.25) is 0 Å². The van der Waals surface area contributed by atoms with Crippen molar-refractivity contribution in [2.45, 2.75) is 38.9 Å². The van der Waals surface area contributed by atoms with Crippen molar-refractivity contribution in [3.05, 3.63) is 59.7 Å². The summed E-state index contributed by atoms with van der Waals surface area (Å²) in [7, 11) is 3.36. The van der Waals surface area contributed by atoms with Crippen LogP contribution in [0.4, 0.5) is 0 Å². The van der Waals surface area contributed by atoms with Crippen LogP contribution in [0.1, 0.15) is 50.0 Å². The molecule has 2 rings (SSSR count). The molecule has 0 saturated heterocycles. The first-order valence-corrected chi connectivity index (χ1v) is 8.15. The molecule has 2 unspecified atom stereocenters. The van der Waals surface area contributed by atoms with Crippen molar-refractivity contribution in [3.63, 3.8) is 0 Å². The van der Waals surface area contributed by atoms with E-state index in [0.717, 1.165) is 24.3 Å². The van der Waals surface area contributed by atoms with Gasteiger partial charge in [-0.2, -0.15) is 0 Å². The Hall–Kier alpha value is -2.00. The molecule has 0 radical (unpaired) electrons. The van der Waals surface area contributed by atoms with Gasteiger partial charge in [-0.3, -0.25) is 0 Å². The summed E-state index contributed by atoms with van der Waals surface area (Å²) in [5, 5.41) is 0. The second-order valence-electron chi connectivity index (χ2n) is 5.48. The van der Waals surface area contributed by atoms with Crippen LogP contribution in [0.15, 0.2) is 48.5 Å². The van der Waals surface area contributed by atoms with Crippen LogP contribution in [0, 0.1) is 0 Å². The third-order valence-corrected chi connectivity index (χ3v) is 4.05. The van der Waals surface area contributed by atoms with Crippen molar-refractivity contribution in [2.24, 2.45) is 0 Å². The first-order valence-electron chi connectivity index (χ1n) is 8.15. The molecule has 3 nitrogen and oxygen atoms in total. The zero-order chi connectivity index (χ0) is 16.7. The number of benzene rings is 2. The van der Waals surface area contributed by atoms with Gasteiger partial charge in [-0.25, -0.2) is 0 Å². The largest absolute Gasteiger partial charge is 0.497 e. The fraction of sp³-hybridized carbons (Fsp3) is 0.400. The number of methoxy groups -OCH3 is 2. The highest BCUT2D eigenvalue weighted by molar-refractivity contribution is 5.30. The van der Waals surface area contributed by atoms with Crippen LogP contribution in [0.25, 0.3) is 0 Å². The van der Waals surface area contributed by atoms with Crippen LogP contribution < -0.4 is 9.47 Å². The quantitative estimate of drug-likeness (QED) is 0.659. The van der Waals surface area contributed by atoms with Crippen molar-refractivity contribution in [3.8, 4) is 11.5 Å². The summed E-state index contributed by atoms with van der Waals surface area (Å²) in [4.78, 5) is 0. The van der Waals surface area contributed by atoms with Crippen LogP contribution in [-0.2, 0) is 4.74 Å². The van der Waals surface area contributed by atoms with Crippen LogP contribution in [0.3, 0.4) is 0 Å². The third kappa shape index (κ3) is 4.49. The van der Waals surface area contributed by atoms with Crippen molar-refractivity contribution >= 4 is 0 Å². The van der Waals surface area contributed by atoms with E-state index in [9.17, 15) is 0 Å². The lowest BCUT2D eigenvalue weighted by Crippen LogP contribution is -2.09. The van der Waals surface area contributed by atoms with Gasteiger partial charge in [-0.1, -0.05) is 38.1 Å². The molecule has 0 bridgehead atoms. The van der Waals surface area contributed by atoms with E-state index in [1.54, 1.807) is 14.2 Å². The molecule has 2 atom stereocenters. The Labute approximate surface area is 139 Å². The molecule has 0 spiro atoms. The van der Waals surface area contributed by atoms with Crippen molar-refractivity contribution < 1.29 is 14.2 Å². The number of hydrogen-bond acceptors (Lipinski definition) is 3. The Balaban J connectivity index is 2.13. The molecule has 0 aliphatic carbocycles. The Morgan fingerprint density at radius 1 is 0.652 bits per heavy atom. The Morgan fingerprint density at radius 2 is 1.00 bits per heavy atom. The van der Waals surface area contributed by atoms with Crippen molar-refractivity contribution in [1.29, 1.82) is 0 Å². The molecule has 0 aliphatic rings. The number of ether oxygens (including phenoxy) is 3. The first-order chi connectivity index (χ1) is 11.2. The lowest BCUT2D eigenvalue weighted by molar-refractivity contribution is -0.0192. The molecule has 2 aromatic rings. The molecule has 0 fully saturated rings. The molecular formula is C20H26O3. The average Bonchev–Trinajstić information content (AvgIpc) is 2.63. The lowest BCUT2D eigenvalue weighted by Gasteiger charge is -2.24. The standard InChI is InChI=1S/C20H26O3/c1-5-19(15-7-11-17(21-3)12-8-15)23-20(6-2)16-9-13-18(22-4)14-10-16/h7-14,19-20H,5-6H2,1-4H3. The van der Waals surface area contributed by atoms with Gasteiger partial charge in [0.1, 0.15) is 11.5 Å². The normalized spacial score (nSPS) is 13.4. The number of rotatable bonds is 8. The maximum atomic E-state index is 6.39. The van der Waals surface area contributed by atoms with Gasteiger partial charge in [0.2, 0.25) is 0 Å². The Kier molecular flexibility index (Phi) is 6.48. The SMILES string of the molecule is CCC(OC(CC)c1ccc(OC)cc1)c1ccc(OC)cc1. The van der Waals surface area contributed by atoms with E-state index in [0.29, 0.717) is 0 Å². The van der Waals surface area contributed by atoms with E-state index in [4.69, 9.17) is 14.2 Å². The molecule has 0 N–H and O–H groups in total. The highest BCUT2D eigenvalue weighted by Gasteiger charge is 2.17. The maximum Gasteiger partial charge on any atom is 0.118 e. The fourth-order valence-corrected chi connectivity index (χ4v) is 2.66. The minimum atomic E-state index is 0.0768. The lowest BCUT2D eigenvalue weighted by atomic mass is 10.0. The summed E-state index contributed by atoms with van der Waals surface area (Å²) < 4.78 is 16.8. The Bertz CT molecular complexity index is 521. The first kappa shape index (κ1) is 17.4. The van der Waals surface area contributed by atoms with Gasteiger partial charge < -0.3 is 14.2 Å². The summed E-state index contributed by atoms with van der Waals surface area (Å²) in [5.41, 5.74) is 2.36. The topological polar surface area (TPSA) is 27.7 Å².